The third kappa shape index (κ3) is 3.79. The smallest absolute Gasteiger partial charge is 0.257 e. The second kappa shape index (κ2) is 7.85. The van der Waals surface area contributed by atoms with Gasteiger partial charge < -0.3 is 0 Å². The number of fused-ring (bicyclic) bond motifs is 3. The average Bonchev–Trinajstić information content (AvgIpc) is 3.31. The molecule has 1 saturated heterocycles. The number of amides is 1. The van der Waals surface area contributed by atoms with Crippen molar-refractivity contribution in [1.29, 1.82) is 0 Å². The largest absolute Gasteiger partial charge is 0.298 e. The second-order valence-electron chi connectivity index (χ2n) is 8.21. The van der Waals surface area contributed by atoms with Gasteiger partial charge >= 0.3 is 0 Å². The monoisotopic (exact) mass is 453 g/mol. The summed E-state index contributed by atoms with van der Waals surface area (Å²) in [6, 6.07) is 14.3. The van der Waals surface area contributed by atoms with Crippen LogP contribution in [-0.4, -0.2) is 36.7 Å². The van der Waals surface area contributed by atoms with Gasteiger partial charge in [0.25, 0.3) is 5.91 Å². The Morgan fingerprint density at radius 3 is 2.71 bits per heavy atom. The Morgan fingerprint density at radius 2 is 1.94 bits per heavy atom. The van der Waals surface area contributed by atoms with Crippen LogP contribution in [-0.2, 0) is 16.4 Å². The Hall–Kier alpha value is -2.55. The quantitative estimate of drug-likeness (QED) is 0.497. The molecule has 1 aromatic heterocycles. The van der Waals surface area contributed by atoms with Gasteiger partial charge in [-0.25, -0.2) is 13.4 Å². The van der Waals surface area contributed by atoms with Gasteiger partial charge in [-0.3, -0.25) is 10.1 Å². The highest BCUT2D eigenvalue weighted by Crippen LogP contribution is 2.40. The summed E-state index contributed by atoms with van der Waals surface area (Å²) in [5, 5.41) is 3.41. The second-order valence-corrected chi connectivity index (χ2v) is 11.2. The lowest BCUT2D eigenvalue weighted by atomic mass is 10.0. The number of thiazole rings is 1. The molecule has 1 amide bonds. The first kappa shape index (κ1) is 20.4. The summed E-state index contributed by atoms with van der Waals surface area (Å²) in [6.45, 7) is 3.16. The maximum Gasteiger partial charge on any atom is 0.257 e. The number of benzene rings is 2. The fourth-order valence-corrected chi connectivity index (χ4v) is 6.87. The van der Waals surface area contributed by atoms with Gasteiger partial charge in [-0.1, -0.05) is 31.2 Å². The van der Waals surface area contributed by atoms with Gasteiger partial charge in [-0.15, -0.1) is 11.3 Å². The highest BCUT2D eigenvalue weighted by atomic mass is 32.2. The summed E-state index contributed by atoms with van der Waals surface area (Å²) in [5.41, 5.74) is 3.72. The van der Waals surface area contributed by atoms with E-state index in [9.17, 15) is 13.2 Å². The molecule has 3 aromatic rings. The maximum atomic E-state index is 12.9. The Labute approximate surface area is 186 Å². The molecule has 2 heterocycles. The summed E-state index contributed by atoms with van der Waals surface area (Å²) in [5.74, 6) is 0.0664. The van der Waals surface area contributed by atoms with Crippen molar-refractivity contribution in [3.05, 3.63) is 64.5 Å². The Balaban J connectivity index is 1.30. The van der Waals surface area contributed by atoms with Crippen LogP contribution in [0.1, 0.15) is 40.6 Å². The van der Waals surface area contributed by atoms with Crippen LogP contribution >= 0.6 is 11.3 Å². The maximum absolute atomic E-state index is 12.9. The minimum absolute atomic E-state index is 0.225. The van der Waals surface area contributed by atoms with E-state index in [1.165, 1.54) is 29.0 Å². The van der Waals surface area contributed by atoms with Crippen LogP contribution in [0.3, 0.4) is 0 Å². The summed E-state index contributed by atoms with van der Waals surface area (Å²) in [7, 11) is -3.53. The number of aromatic nitrogens is 1. The van der Waals surface area contributed by atoms with Crippen LogP contribution in [0.15, 0.2) is 53.4 Å². The topological polar surface area (TPSA) is 79.4 Å². The number of carbonyl (C=O) groups excluding carboxylic acids is 1. The van der Waals surface area contributed by atoms with Gasteiger partial charge in [0.05, 0.1) is 10.6 Å². The lowest BCUT2D eigenvalue weighted by Gasteiger charge is -2.30. The molecule has 1 unspecified atom stereocenters. The van der Waals surface area contributed by atoms with Crippen molar-refractivity contribution in [2.45, 2.75) is 31.1 Å². The fraction of sp³-hybridized carbons (Fsp3) is 0.304. The SMILES string of the molecule is CC1CCCN(S(=O)(=O)c2ccc(C(=O)Nc3nc4c(s3)Cc3ccccc3-4)cc2)C1. The van der Waals surface area contributed by atoms with E-state index in [4.69, 9.17) is 0 Å². The average molecular weight is 454 g/mol. The van der Waals surface area contributed by atoms with Crippen molar-refractivity contribution in [3.63, 3.8) is 0 Å². The number of anilines is 1. The number of hydrogen-bond acceptors (Lipinski definition) is 5. The molecule has 1 aliphatic carbocycles. The van der Waals surface area contributed by atoms with Crippen LogP contribution in [0.25, 0.3) is 11.3 Å². The molecule has 0 radical (unpaired) electrons. The standard InChI is InChI=1S/C23H23N3O3S2/c1-15-5-4-12-26(14-15)31(28,29)18-10-8-16(9-11-18)22(27)25-23-24-21-19-7-3-2-6-17(19)13-20(21)30-23/h2-3,6-11,15H,4-5,12-14H2,1H3,(H,24,25,27). The van der Waals surface area contributed by atoms with E-state index in [2.05, 4.69) is 29.4 Å². The van der Waals surface area contributed by atoms with E-state index in [-0.39, 0.29) is 10.8 Å². The number of nitrogens with zero attached hydrogens (tertiary/aromatic N) is 2. The third-order valence-electron chi connectivity index (χ3n) is 5.92. The molecule has 1 atom stereocenters. The van der Waals surface area contributed by atoms with Crippen LogP contribution in [0.2, 0.25) is 0 Å². The van der Waals surface area contributed by atoms with Crippen molar-refractivity contribution in [2.75, 3.05) is 18.4 Å². The molecule has 0 spiro atoms. The molecule has 31 heavy (non-hydrogen) atoms. The zero-order valence-electron chi connectivity index (χ0n) is 17.2. The molecular weight excluding hydrogens is 430 g/mol. The number of piperidine rings is 1. The van der Waals surface area contributed by atoms with Crippen molar-refractivity contribution >= 4 is 32.4 Å². The van der Waals surface area contributed by atoms with Crippen LogP contribution in [0.4, 0.5) is 5.13 Å². The number of rotatable bonds is 4. The number of hydrogen-bond donors (Lipinski definition) is 1. The summed E-state index contributed by atoms with van der Waals surface area (Å²) in [4.78, 5) is 18.7. The zero-order chi connectivity index (χ0) is 21.6. The van der Waals surface area contributed by atoms with Gasteiger partial charge in [0.2, 0.25) is 10.0 Å². The molecule has 0 bridgehead atoms. The van der Waals surface area contributed by atoms with Gasteiger partial charge in [0.1, 0.15) is 0 Å². The Kier molecular flexibility index (Phi) is 5.16. The first-order valence-electron chi connectivity index (χ1n) is 10.4. The zero-order valence-corrected chi connectivity index (χ0v) is 18.8. The van der Waals surface area contributed by atoms with Crippen molar-refractivity contribution in [3.8, 4) is 11.3 Å². The van der Waals surface area contributed by atoms with E-state index >= 15 is 0 Å². The van der Waals surface area contributed by atoms with E-state index < -0.39 is 10.0 Å². The molecule has 0 saturated carbocycles. The summed E-state index contributed by atoms with van der Waals surface area (Å²) >= 11 is 1.48. The molecular formula is C23H23N3O3S2. The van der Waals surface area contributed by atoms with E-state index in [0.717, 1.165) is 35.4 Å². The molecule has 2 aliphatic rings. The molecule has 1 aliphatic heterocycles. The van der Waals surface area contributed by atoms with Gasteiger partial charge in [0, 0.05) is 35.5 Å². The van der Waals surface area contributed by atoms with Crippen LogP contribution in [0.5, 0.6) is 0 Å². The Bertz CT molecular complexity index is 1250. The molecule has 2 aromatic carbocycles. The summed E-state index contributed by atoms with van der Waals surface area (Å²) < 4.78 is 27.4. The lowest BCUT2D eigenvalue weighted by Crippen LogP contribution is -2.39. The number of sulfonamides is 1. The molecule has 8 heteroatoms. The van der Waals surface area contributed by atoms with Gasteiger partial charge in [-0.2, -0.15) is 4.31 Å². The van der Waals surface area contributed by atoms with Crippen LogP contribution < -0.4 is 5.32 Å². The first-order chi connectivity index (χ1) is 14.9. The molecule has 1 N–H and O–H groups in total. The lowest BCUT2D eigenvalue weighted by molar-refractivity contribution is 0.102. The van der Waals surface area contributed by atoms with Crippen molar-refractivity contribution < 1.29 is 13.2 Å². The normalized spacial score (nSPS) is 18.4. The molecule has 6 nitrogen and oxygen atoms in total. The first-order valence-corrected chi connectivity index (χ1v) is 12.7. The minimum atomic E-state index is -3.53. The predicted molar refractivity (Wildman–Crippen MR) is 122 cm³/mol. The third-order valence-corrected chi connectivity index (χ3v) is 8.77. The van der Waals surface area contributed by atoms with E-state index in [1.54, 1.807) is 16.4 Å². The van der Waals surface area contributed by atoms with Crippen LogP contribution in [0, 0.1) is 5.92 Å². The molecule has 160 valence electrons. The van der Waals surface area contributed by atoms with Gasteiger partial charge in [0.15, 0.2) is 5.13 Å². The van der Waals surface area contributed by atoms with E-state index in [0.29, 0.717) is 29.7 Å². The highest BCUT2D eigenvalue weighted by molar-refractivity contribution is 7.89. The van der Waals surface area contributed by atoms with Crippen molar-refractivity contribution in [1.82, 2.24) is 9.29 Å². The predicted octanol–water partition coefficient (Wildman–Crippen LogP) is 4.39. The van der Waals surface area contributed by atoms with E-state index in [1.807, 2.05) is 12.1 Å². The fourth-order valence-electron chi connectivity index (χ4n) is 4.28. The minimum Gasteiger partial charge on any atom is -0.298 e. The summed E-state index contributed by atoms with van der Waals surface area (Å²) in [6.07, 6.45) is 2.76. The molecule has 1 fully saturated rings. The van der Waals surface area contributed by atoms with Crippen molar-refractivity contribution in [2.24, 2.45) is 5.92 Å². The highest BCUT2D eigenvalue weighted by Gasteiger charge is 2.29. The molecule has 5 rings (SSSR count). The van der Waals surface area contributed by atoms with Gasteiger partial charge in [-0.05, 0) is 48.6 Å². The Morgan fingerprint density at radius 1 is 1.16 bits per heavy atom. The number of carbonyl (C=O) groups is 1. The number of nitrogens with one attached hydrogen (secondary N) is 1.